The molecule has 0 spiro atoms. The first-order chi connectivity index (χ1) is 15.8. The van der Waals surface area contributed by atoms with Gasteiger partial charge in [0.15, 0.2) is 0 Å². The van der Waals surface area contributed by atoms with Crippen molar-refractivity contribution >= 4 is 33.1 Å². The van der Waals surface area contributed by atoms with Gasteiger partial charge < -0.3 is 14.8 Å². The molecule has 0 unspecified atom stereocenters. The molecule has 5 aromatic rings. The van der Waals surface area contributed by atoms with Crippen LogP contribution in [-0.4, -0.2) is 24.2 Å². The lowest BCUT2D eigenvalue weighted by Gasteiger charge is -2.13. The predicted molar refractivity (Wildman–Crippen MR) is 131 cm³/mol. The number of benzene rings is 3. The third kappa shape index (κ3) is 3.76. The zero-order valence-electron chi connectivity index (χ0n) is 17.7. The number of nitrogens with zero attached hydrogens (tertiary/aromatic N) is 2. The molecule has 158 valence electrons. The van der Waals surface area contributed by atoms with Crippen molar-refractivity contribution in [2.24, 2.45) is 0 Å². The summed E-state index contributed by atoms with van der Waals surface area (Å²) in [7, 11) is 3.29. The van der Waals surface area contributed by atoms with Crippen molar-refractivity contribution in [1.29, 1.82) is 0 Å². The summed E-state index contributed by atoms with van der Waals surface area (Å²) in [5.41, 5.74) is 5.37. The monoisotopic (exact) mass is 439 g/mol. The van der Waals surface area contributed by atoms with Crippen LogP contribution in [-0.2, 0) is 0 Å². The molecule has 1 N–H and O–H groups in total. The van der Waals surface area contributed by atoms with Crippen molar-refractivity contribution in [2.45, 2.75) is 0 Å². The Morgan fingerprint density at radius 1 is 0.781 bits per heavy atom. The molecule has 3 aromatic carbocycles. The molecule has 2 aromatic heterocycles. The van der Waals surface area contributed by atoms with E-state index in [1.165, 1.54) is 11.1 Å². The molecular formula is C26H21N3O2S. The summed E-state index contributed by atoms with van der Waals surface area (Å²) < 4.78 is 10.9. The SMILES string of the molecule is COc1ccc(OC)c(Nc2ncnc3scc(-c4ccc(-c5ccccc5)cc4)c23)c1. The molecule has 6 heteroatoms. The first-order valence-electron chi connectivity index (χ1n) is 10.1. The zero-order valence-corrected chi connectivity index (χ0v) is 18.5. The van der Waals surface area contributed by atoms with E-state index >= 15 is 0 Å². The predicted octanol–water partition coefficient (Wildman–Crippen LogP) is 6.79. The van der Waals surface area contributed by atoms with Gasteiger partial charge >= 0.3 is 0 Å². The van der Waals surface area contributed by atoms with E-state index in [-0.39, 0.29) is 0 Å². The molecule has 0 saturated carbocycles. The molecule has 0 amide bonds. The third-order valence-corrected chi connectivity index (χ3v) is 6.22. The molecule has 0 radical (unpaired) electrons. The van der Waals surface area contributed by atoms with Crippen LogP contribution in [0.25, 0.3) is 32.5 Å². The number of hydrogen-bond acceptors (Lipinski definition) is 6. The minimum absolute atomic E-state index is 0.710. The zero-order chi connectivity index (χ0) is 21.9. The number of fused-ring (bicyclic) bond motifs is 1. The van der Waals surface area contributed by atoms with Crippen molar-refractivity contribution in [2.75, 3.05) is 19.5 Å². The van der Waals surface area contributed by atoms with E-state index in [0.717, 1.165) is 38.6 Å². The molecule has 0 saturated heterocycles. The topological polar surface area (TPSA) is 56.3 Å². The van der Waals surface area contributed by atoms with E-state index in [2.05, 4.69) is 69.2 Å². The van der Waals surface area contributed by atoms with Crippen molar-refractivity contribution < 1.29 is 9.47 Å². The summed E-state index contributed by atoms with van der Waals surface area (Å²) in [6.45, 7) is 0. The van der Waals surface area contributed by atoms with Gasteiger partial charge in [-0.1, -0.05) is 54.6 Å². The van der Waals surface area contributed by atoms with Crippen LogP contribution in [0.3, 0.4) is 0 Å². The van der Waals surface area contributed by atoms with Gasteiger partial charge in [-0.25, -0.2) is 9.97 Å². The molecule has 0 bridgehead atoms. The molecule has 0 atom stereocenters. The van der Waals surface area contributed by atoms with Gasteiger partial charge in [0.1, 0.15) is 28.5 Å². The summed E-state index contributed by atoms with van der Waals surface area (Å²) >= 11 is 1.60. The second-order valence-corrected chi connectivity index (χ2v) is 8.04. The number of hydrogen-bond donors (Lipinski definition) is 1. The Hall–Kier alpha value is -3.90. The number of nitrogens with one attached hydrogen (secondary N) is 1. The Labute approximate surface area is 190 Å². The molecular weight excluding hydrogens is 418 g/mol. The highest BCUT2D eigenvalue weighted by Gasteiger charge is 2.15. The van der Waals surface area contributed by atoms with Crippen LogP contribution in [0.4, 0.5) is 11.5 Å². The van der Waals surface area contributed by atoms with Crippen LogP contribution >= 0.6 is 11.3 Å². The highest BCUT2D eigenvalue weighted by Crippen LogP contribution is 2.39. The number of thiophene rings is 1. The Morgan fingerprint density at radius 3 is 2.28 bits per heavy atom. The van der Waals surface area contributed by atoms with Crippen LogP contribution in [0.5, 0.6) is 11.5 Å². The number of aromatic nitrogens is 2. The van der Waals surface area contributed by atoms with Crippen molar-refractivity contribution in [1.82, 2.24) is 9.97 Å². The summed E-state index contributed by atoms with van der Waals surface area (Å²) in [6, 6.07) is 24.6. The van der Waals surface area contributed by atoms with E-state index < -0.39 is 0 Å². The van der Waals surface area contributed by atoms with Crippen molar-refractivity contribution in [3.05, 3.63) is 84.5 Å². The number of methoxy groups -OCH3 is 2. The van der Waals surface area contributed by atoms with E-state index in [4.69, 9.17) is 9.47 Å². The largest absolute Gasteiger partial charge is 0.497 e. The maximum atomic E-state index is 5.52. The van der Waals surface area contributed by atoms with Crippen LogP contribution in [0.15, 0.2) is 84.5 Å². The quantitative estimate of drug-likeness (QED) is 0.316. The fourth-order valence-electron chi connectivity index (χ4n) is 3.69. The van der Waals surface area contributed by atoms with E-state index in [1.807, 2.05) is 24.3 Å². The first-order valence-corrected chi connectivity index (χ1v) is 11.0. The number of rotatable bonds is 6. The second-order valence-electron chi connectivity index (χ2n) is 7.19. The highest BCUT2D eigenvalue weighted by molar-refractivity contribution is 7.17. The Morgan fingerprint density at radius 2 is 1.53 bits per heavy atom. The minimum Gasteiger partial charge on any atom is -0.497 e. The van der Waals surface area contributed by atoms with Gasteiger partial charge in [-0.05, 0) is 28.8 Å². The van der Waals surface area contributed by atoms with E-state index in [0.29, 0.717) is 5.75 Å². The van der Waals surface area contributed by atoms with E-state index in [1.54, 1.807) is 31.9 Å². The normalized spacial score (nSPS) is 10.8. The smallest absolute Gasteiger partial charge is 0.143 e. The highest BCUT2D eigenvalue weighted by atomic mass is 32.1. The average molecular weight is 440 g/mol. The molecule has 0 fully saturated rings. The van der Waals surface area contributed by atoms with Gasteiger partial charge in [0.25, 0.3) is 0 Å². The fourth-order valence-corrected chi connectivity index (χ4v) is 4.61. The fraction of sp³-hybridized carbons (Fsp3) is 0.0769. The summed E-state index contributed by atoms with van der Waals surface area (Å²) in [5.74, 6) is 2.17. The number of anilines is 2. The molecule has 5 nitrogen and oxygen atoms in total. The maximum absolute atomic E-state index is 5.52. The molecule has 0 aliphatic rings. The molecule has 0 aliphatic carbocycles. The standard InChI is InChI=1S/C26H21N3O2S/c1-30-20-12-13-23(31-2)22(14-20)29-25-24-21(15-32-26(24)28-16-27-25)19-10-8-18(9-11-19)17-6-4-3-5-7-17/h3-16H,1-2H3,(H,27,28,29). The Bertz CT molecular complexity index is 1370. The minimum atomic E-state index is 0.710. The lowest BCUT2D eigenvalue weighted by molar-refractivity contribution is 0.405. The summed E-state index contributed by atoms with van der Waals surface area (Å²) in [6.07, 6.45) is 1.58. The van der Waals surface area contributed by atoms with Gasteiger partial charge in [-0.2, -0.15) is 0 Å². The lowest BCUT2D eigenvalue weighted by Crippen LogP contribution is -1.99. The van der Waals surface area contributed by atoms with E-state index in [9.17, 15) is 0 Å². The van der Waals surface area contributed by atoms with Crippen LogP contribution in [0.1, 0.15) is 0 Å². The second kappa shape index (κ2) is 8.69. The van der Waals surface area contributed by atoms with Gasteiger partial charge in [-0.3, -0.25) is 0 Å². The van der Waals surface area contributed by atoms with Crippen molar-refractivity contribution in [3.63, 3.8) is 0 Å². The van der Waals surface area contributed by atoms with Crippen LogP contribution in [0, 0.1) is 0 Å². The average Bonchev–Trinajstić information content (AvgIpc) is 3.30. The lowest BCUT2D eigenvalue weighted by atomic mass is 10.0. The van der Waals surface area contributed by atoms with Gasteiger partial charge in [0.05, 0.1) is 25.3 Å². The van der Waals surface area contributed by atoms with Gasteiger partial charge in [0.2, 0.25) is 0 Å². The molecule has 5 rings (SSSR count). The van der Waals surface area contributed by atoms with Crippen LogP contribution < -0.4 is 14.8 Å². The molecule has 2 heterocycles. The van der Waals surface area contributed by atoms with Gasteiger partial charge in [0, 0.05) is 17.0 Å². The number of ether oxygens (including phenoxy) is 2. The van der Waals surface area contributed by atoms with Crippen molar-refractivity contribution in [3.8, 4) is 33.8 Å². The summed E-state index contributed by atoms with van der Waals surface area (Å²) in [4.78, 5) is 9.95. The maximum Gasteiger partial charge on any atom is 0.143 e. The molecule has 32 heavy (non-hydrogen) atoms. The first kappa shape index (κ1) is 20.0. The Balaban J connectivity index is 1.56. The van der Waals surface area contributed by atoms with Crippen LogP contribution in [0.2, 0.25) is 0 Å². The molecule has 0 aliphatic heterocycles. The Kier molecular flexibility index (Phi) is 5.44. The summed E-state index contributed by atoms with van der Waals surface area (Å²) in [5, 5.41) is 6.54. The van der Waals surface area contributed by atoms with Gasteiger partial charge in [-0.15, -0.1) is 11.3 Å². The third-order valence-electron chi connectivity index (χ3n) is 5.33.